The minimum atomic E-state index is -2.73. The van der Waals surface area contributed by atoms with E-state index in [1.165, 1.54) is 43.6 Å². The quantitative estimate of drug-likeness (QED) is 0.210. The van der Waals surface area contributed by atoms with Gasteiger partial charge in [0.05, 0.1) is 33.8 Å². The van der Waals surface area contributed by atoms with Gasteiger partial charge in [-0.15, -0.1) is 0 Å². The van der Waals surface area contributed by atoms with Gasteiger partial charge in [-0.3, -0.25) is 14.9 Å². The number of halogens is 1. The van der Waals surface area contributed by atoms with Crippen molar-refractivity contribution < 1.29 is 9.30 Å². The Morgan fingerprint density at radius 1 is 1.02 bits per heavy atom. The fourth-order valence-electron chi connectivity index (χ4n) is 7.03. The van der Waals surface area contributed by atoms with Gasteiger partial charge in [-0.2, -0.15) is 4.98 Å². The maximum absolute atomic E-state index is 13.4. The number of piperidine rings is 2. The highest BCUT2D eigenvalue weighted by atomic mass is 79.9. The second kappa shape index (κ2) is 12.1. The summed E-state index contributed by atoms with van der Waals surface area (Å²) in [7, 11) is -1.04. The zero-order valence-electron chi connectivity index (χ0n) is 26.0. The van der Waals surface area contributed by atoms with E-state index < -0.39 is 7.14 Å². The fourth-order valence-corrected chi connectivity index (χ4v) is 8.72. The molecule has 45 heavy (non-hydrogen) atoms. The SMILES string of the molecule is COc1cc(N2CCC(N3CC4CC(C3)N4)CC2)c(C)cc1Nc1ncc(Br)c(Nc2ccc3nccnc3c2P(C)(C)=O)n1. The van der Waals surface area contributed by atoms with E-state index >= 15 is 0 Å². The molecule has 8 rings (SSSR count). The molecule has 6 heterocycles. The van der Waals surface area contributed by atoms with Crippen LogP contribution in [-0.4, -0.2) is 89.6 Å². The summed E-state index contributed by atoms with van der Waals surface area (Å²) in [6.07, 6.45) is 8.65. The van der Waals surface area contributed by atoms with Crippen LogP contribution in [0.5, 0.6) is 5.75 Å². The molecule has 4 saturated heterocycles. The lowest BCUT2D eigenvalue weighted by atomic mass is 9.88. The first-order chi connectivity index (χ1) is 21.7. The number of nitrogens with zero attached hydrogens (tertiary/aromatic N) is 6. The monoisotopic (exact) mass is 691 g/mol. The number of anilines is 5. The summed E-state index contributed by atoms with van der Waals surface area (Å²) in [4.78, 5) is 23.4. The zero-order chi connectivity index (χ0) is 31.3. The van der Waals surface area contributed by atoms with Crippen LogP contribution in [0.2, 0.25) is 0 Å². The molecule has 236 valence electrons. The number of hydrogen-bond donors (Lipinski definition) is 3. The Kier molecular flexibility index (Phi) is 8.18. The Balaban J connectivity index is 1.09. The van der Waals surface area contributed by atoms with Crippen molar-refractivity contribution in [2.75, 3.05) is 62.2 Å². The van der Waals surface area contributed by atoms with Gasteiger partial charge in [0.25, 0.3) is 0 Å². The van der Waals surface area contributed by atoms with Crippen molar-refractivity contribution >= 4 is 68.2 Å². The van der Waals surface area contributed by atoms with Crippen molar-refractivity contribution in [1.29, 1.82) is 0 Å². The molecule has 0 amide bonds. The number of methoxy groups -OCH3 is 1. The third kappa shape index (κ3) is 6.13. The zero-order valence-corrected chi connectivity index (χ0v) is 28.5. The molecule has 11 nitrogen and oxygen atoms in total. The number of piperazine rings is 1. The van der Waals surface area contributed by atoms with Crippen molar-refractivity contribution in [1.82, 2.24) is 30.2 Å². The Labute approximate surface area is 272 Å². The first-order valence-electron chi connectivity index (χ1n) is 15.5. The van der Waals surface area contributed by atoms with Crippen molar-refractivity contribution in [2.45, 2.75) is 44.3 Å². The van der Waals surface area contributed by atoms with Gasteiger partial charge >= 0.3 is 0 Å². The summed E-state index contributed by atoms with van der Waals surface area (Å²) in [5.41, 5.74) is 5.13. The van der Waals surface area contributed by atoms with Crippen molar-refractivity contribution in [2.24, 2.45) is 0 Å². The predicted molar refractivity (Wildman–Crippen MR) is 185 cm³/mol. The normalized spacial score (nSPS) is 20.6. The van der Waals surface area contributed by atoms with Gasteiger partial charge in [0.1, 0.15) is 24.2 Å². The van der Waals surface area contributed by atoms with Gasteiger partial charge in [0, 0.05) is 74.6 Å². The number of hydrogen-bond acceptors (Lipinski definition) is 11. The van der Waals surface area contributed by atoms with E-state index in [2.05, 4.69) is 75.7 Å². The van der Waals surface area contributed by atoms with E-state index in [4.69, 9.17) is 9.72 Å². The summed E-state index contributed by atoms with van der Waals surface area (Å²) < 4.78 is 19.9. The van der Waals surface area contributed by atoms with E-state index in [-0.39, 0.29) is 0 Å². The van der Waals surface area contributed by atoms with Gasteiger partial charge in [0.2, 0.25) is 5.95 Å². The lowest BCUT2D eigenvalue weighted by Crippen LogP contribution is -2.68. The molecule has 2 aromatic carbocycles. The van der Waals surface area contributed by atoms with Gasteiger partial charge in [-0.05, 0) is 79.2 Å². The number of ether oxygens (including phenoxy) is 1. The highest BCUT2D eigenvalue weighted by Gasteiger charge is 2.39. The van der Waals surface area contributed by atoms with Gasteiger partial charge in [-0.25, -0.2) is 4.98 Å². The summed E-state index contributed by atoms with van der Waals surface area (Å²) in [6, 6.07) is 10.0. The van der Waals surface area contributed by atoms with Crippen molar-refractivity contribution in [3.63, 3.8) is 0 Å². The Bertz CT molecular complexity index is 1780. The molecule has 4 fully saturated rings. The average molecular weight is 693 g/mol. The molecule has 2 unspecified atom stereocenters. The highest BCUT2D eigenvalue weighted by molar-refractivity contribution is 9.10. The third-order valence-corrected chi connectivity index (χ3v) is 11.3. The van der Waals surface area contributed by atoms with E-state index in [1.54, 1.807) is 39.0 Å². The number of rotatable bonds is 8. The fraction of sp³-hybridized carbons (Fsp3) is 0.438. The molecule has 4 aromatic rings. The molecular formula is C32H39BrN9O2P. The maximum Gasteiger partial charge on any atom is 0.229 e. The molecule has 3 N–H and O–H groups in total. The molecule has 2 atom stereocenters. The predicted octanol–water partition coefficient (Wildman–Crippen LogP) is 5.25. The molecule has 2 bridgehead atoms. The summed E-state index contributed by atoms with van der Waals surface area (Å²) in [5, 5.41) is 11.0. The number of aryl methyl sites for hydroxylation is 1. The van der Waals surface area contributed by atoms with Crippen LogP contribution < -0.4 is 30.9 Å². The lowest BCUT2D eigenvalue weighted by molar-refractivity contribution is 0.0375. The molecule has 0 aliphatic carbocycles. The smallest absolute Gasteiger partial charge is 0.229 e. The van der Waals surface area contributed by atoms with E-state index in [9.17, 15) is 4.57 Å². The molecule has 2 aromatic heterocycles. The summed E-state index contributed by atoms with van der Waals surface area (Å²) in [6.45, 7) is 10.1. The first-order valence-corrected chi connectivity index (χ1v) is 18.8. The van der Waals surface area contributed by atoms with Crippen LogP contribution in [0.15, 0.2) is 47.3 Å². The van der Waals surface area contributed by atoms with Crippen LogP contribution in [0.25, 0.3) is 11.0 Å². The average Bonchev–Trinajstić information content (AvgIpc) is 3.02. The first kappa shape index (κ1) is 30.3. The number of benzene rings is 2. The number of nitrogens with one attached hydrogen (secondary N) is 3. The van der Waals surface area contributed by atoms with E-state index in [0.29, 0.717) is 56.4 Å². The van der Waals surface area contributed by atoms with E-state index in [0.717, 1.165) is 24.5 Å². The van der Waals surface area contributed by atoms with Crippen LogP contribution in [0.4, 0.5) is 28.8 Å². The molecule has 0 spiro atoms. The van der Waals surface area contributed by atoms with Gasteiger partial charge in [-0.1, -0.05) is 0 Å². The minimum absolute atomic E-state index is 0.402. The van der Waals surface area contributed by atoms with Crippen molar-refractivity contribution in [3.8, 4) is 5.75 Å². The second-order valence-electron chi connectivity index (χ2n) is 12.7. The number of aromatic nitrogens is 4. The number of fused-ring (bicyclic) bond motifs is 3. The van der Waals surface area contributed by atoms with Crippen LogP contribution in [0, 0.1) is 6.92 Å². The molecule has 0 saturated carbocycles. The van der Waals surface area contributed by atoms with Gasteiger partial charge < -0.3 is 30.2 Å². The van der Waals surface area contributed by atoms with E-state index in [1.807, 2.05) is 12.1 Å². The van der Waals surface area contributed by atoms with Crippen LogP contribution in [-0.2, 0) is 4.57 Å². The standard InChI is InChI=1S/C32H39BrN9O2P/c1-19-13-26(28(44-2)15-27(19)41-11-7-22(8-12-41)42-17-20-14-21(18-42)37-20)39-32-36-16-23(33)31(40-32)38-25-6-5-24-29(35-10-9-34-24)30(25)45(3,4)43/h5-6,9-10,13,15-16,20-22,37H,7-8,11-12,14,17-18H2,1-4H3,(H2,36,38,39,40). The maximum atomic E-state index is 13.4. The van der Waals surface area contributed by atoms with Crippen LogP contribution in [0.1, 0.15) is 24.8 Å². The topological polar surface area (TPSA) is 120 Å². The molecule has 0 radical (unpaired) electrons. The molecular weight excluding hydrogens is 653 g/mol. The lowest BCUT2D eigenvalue weighted by Gasteiger charge is -2.52. The molecule has 4 aliphatic heterocycles. The largest absolute Gasteiger partial charge is 0.494 e. The van der Waals surface area contributed by atoms with Crippen molar-refractivity contribution in [3.05, 3.63) is 52.9 Å². The third-order valence-electron chi connectivity index (χ3n) is 9.19. The summed E-state index contributed by atoms with van der Waals surface area (Å²) in [5.74, 6) is 1.66. The van der Waals surface area contributed by atoms with Gasteiger partial charge in [0.15, 0.2) is 0 Å². The Hall–Kier alpha value is -3.31. The Morgan fingerprint density at radius 3 is 2.47 bits per heavy atom. The second-order valence-corrected chi connectivity index (χ2v) is 16.7. The van der Waals surface area contributed by atoms with Crippen LogP contribution >= 0.6 is 23.1 Å². The summed E-state index contributed by atoms with van der Waals surface area (Å²) >= 11 is 3.58. The Morgan fingerprint density at radius 2 is 1.76 bits per heavy atom. The highest BCUT2D eigenvalue weighted by Crippen LogP contribution is 2.42. The molecule has 13 heteroatoms. The minimum Gasteiger partial charge on any atom is -0.494 e. The van der Waals surface area contributed by atoms with Crippen LogP contribution in [0.3, 0.4) is 0 Å². The molecule has 4 aliphatic rings.